The number of likely N-dealkylation sites (tertiary alicyclic amines) is 1. The molecule has 0 aromatic heterocycles. The first-order valence-electron chi connectivity index (χ1n) is 9.91. The number of alkyl carbamates (subject to hydrolysis) is 1. The second-order valence-corrected chi connectivity index (χ2v) is 8.35. The zero-order valence-corrected chi connectivity index (χ0v) is 17.4. The van der Waals surface area contributed by atoms with Crippen molar-refractivity contribution in [1.29, 1.82) is 5.26 Å². The molecular formula is C21H26N4O5. The maximum Gasteiger partial charge on any atom is 0.407 e. The molecule has 1 atom stereocenters. The number of nitrogens with one attached hydrogen (secondary N) is 1. The van der Waals surface area contributed by atoms with Crippen LogP contribution < -0.4 is 15.0 Å². The number of nitrogens with zero attached hydrogens (tertiary/aromatic N) is 3. The zero-order valence-electron chi connectivity index (χ0n) is 17.4. The summed E-state index contributed by atoms with van der Waals surface area (Å²) in [5, 5.41) is 11.9. The summed E-state index contributed by atoms with van der Waals surface area (Å²) in [6.07, 6.45) is 0.264. The molecule has 0 spiro atoms. The molecular weight excluding hydrogens is 388 g/mol. The fourth-order valence-electron chi connectivity index (χ4n) is 3.45. The van der Waals surface area contributed by atoms with Gasteiger partial charge < -0.3 is 24.6 Å². The maximum absolute atomic E-state index is 12.5. The summed E-state index contributed by atoms with van der Waals surface area (Å²) in [5.74, 6) is 0.237. The number of ether oxygens (including phenoxy) is 2. The van der Waals surface area contributed by atoms with Crippen molar-refractivity contribution in [2.75, 3.05) is 31.1 Å². The van der Waals surface area contributed by atoms with Gasteiger partial charge in [0.2, 0.25) is 5.91 Å². The second kappa shape index (κ2) is 8.61. The van der Waals surface area contributed by atoms with Crippen LogP contribution in [0, 0.1) is 11.3 Å². The molecule has 30 heavy (non-hydrogen) atoms. The van der Waals surface area contributed by atoms with Gasteiger partial charge in [-0.2, -0.15) is 5.26 Å². The van der Waals surface area contributed by atoms with E-state index in [1.807, 2.05) is 0 Å². The van der Waals surface area contributed by atoms with E-state index in [0.29, 0.717) is 43.1 Å². The third kappa shape index (κ3) is 5.20. The van der Waals surface area contributed by atoms with Gasteiger partial charge >= 0.3 is 6.09 Å². The van der Waals surface area contributed by atoms with Crippen LogP contribution in [0.2, 0.25) is 0 Å². The van der Waals surface area contributed by atoms with E-state index in [0.717, 1.165) is 0 Å². The highest BCUT2D eigenvalue weighted by Gasteiger charge is 2.30. The lowest BCUT2D eigenvalue weighted by Gasteiger charge is -2.35. The van der Waals surface area contributed by atoms with Crippen LogP contribution in [0.5, 0.6) is 5.75 Å². The largest absolute Gasteiger partial charge is 0.482 e. The van der Waals surface area contributed by atoms with E-state index in [9.17, 15) is 14.4 Å². The van der Waals surface area contributed by atoms with Crippen molar-refractivity contribution in [3.8, 4) is 11.8 Å². The van der Waals surface area contributed by atoms with Gasteiger partial charge in [0, 0.05) is 32.1 Å². The van der Waals surface area contributed by atoms with Gasteiger partial charge in [-0.1, -0.05) is 0 Å². The number of carbonyl (C=O) groups excluding carboxylic acids is 3. The predicted molar refractivity (Wildman–Crippen MR) is 108 cm³/mol. The Morgan fingerprint density at radius 3 is 2.73 bits per heavy atom. The van der Waals surface area contributed by atoms with Crippen LogP contribution in [0.4, 0.5) is 10.5 Å². The molecule has 1 aromatic rings. The van der Waals surface area contributed by atoms with Crippen molar-refractivity contribution >= 4 is 23.6 Å². The number of hydrogen-bond donors (Lipinski definition) is 1. The molecule has 1 fully saturated rings. The highest BCUT2D eigenvalue weighted by molar-refractivity contribution is 5.98. The van der Waals surface area contributed by atoms with Crippen LogP contribution >= 0.6 is 0 Å². The Bertz CT molecular complexity index is 886. The highest BCUT2D eigenvalue weighted by Crippen LogP contribution is 2.32. The number of amides is 3. The van der Waals surface area contributed by atoms with E-state index in [-0.39, 0.29) is 30.9 Å². The number of benzene rings is 1. The Labute approximate surface area is 175 Å². The minimum Gasteiger partial charge on any atom is -0.482 e. The number of nitriles is 1. The average molecular weight is 414 g/mol. The molecule has 9 heteroatoms. The Hall–Kier alpha value is -3.28. The van der Waals surface area contributed by atoms with Crippen LogP contribution in [-0.2, 0) is 14.3 Å². The van der Waals surface area contributed by atoms with Crippen molar-refractivity contribution in [3.63, 3.8) is 0 Å². The number of anilines is 1. The minimum absolute atomic E-state index is 0.0747. The summed E-state index contributed by atoms with van der Waals surface area (Å²) >= 11 is 0. The predicted octanol–water partition coefficient (Wildman–Crippen LogP) is 1.80. The average Bonchev–Trinajstić information content (AvgIpc) is 2.66. The van der Waals surface area contributed by atoms with E-state index < -0.39 is 11.7 Å². The molecule has 3 rings (SSSR count). The van der Waals surface area contributed by atoms with E-state index in [2.05, 4.69) is 11.4 Å². The monoisotopic (exact) mass is 414 g/mol. The maximum atomic E-state index is 12.5. The van der Waals surface area contributed by atoms with Crippen LogP contribution in [0.25, 0.3) is 0 Å². The normalized spacial score (nSPS) is 18.9. The summed E-state index contributed by atoms with van der Waals surface area (Å²) in [6, 6.07) is 6.71. The van der Waals surface area contributed by atoms with Crippen LogP contribution in [0.15, 0.2) is 18.2 Å². The standard InChI is InChI=1S/C21H26N4O5/c1-21(2,3)30-20(28)23-15-6-7-24(18(26)11-15)8-9-25-16-10-14(12-22)4-5-17(16)29-13-19(25)27/h4-5,10,15H,6-9,11,13H2,1-3H3,(H,23,28). The zero-order chi connectivity index (χ0) is 21.9. The van der Waals surface area contributed by atoms with E-state index in [1.54, 1.807) is 48.8 Å². The molecule has 1 saturated heterocycles. The lowest BCUT2D eigenvalue weighted by atomic mass is 10.0. The number of hydrogen-bond acceptors (Lipinski definition) is 6. The summed E-state index contributed by atoms with van der Waals surface area (Å²) in [5.41, 5.74) is 0.377. The number of piperidine rings is 1. The molecule has 0 bridgehead atoms. The summed E-state index contributed by atoms with van der Waals surface area (Å²) < 4.78 is 10.7. The molecule has 2 aliphatic heterocycles. The smallest absolute Gasteiger partial charge is 0.407 e. The van der Waals surface area contributed by atoms with Crippen molar-refractivity contribution in [1.82, 2.24) is 10.2 Å². The molecule has 2 aliphatic rings. The molecule has 160 valence electrons. The van der Waals surface area contributed by atoms with E-state index in [1.165, 1.54) is 0 Å². The molecule has 0 aliphatic carbocycles. The molecule has 1 N–H and O–H groups in total. The Morgan fingerprint density at radius 1 is 1.30 bits per heavy atom. The molecule has 3 amide bonds. The Morgan fingerprint density at radius 2 is 2.07 bits per heavy atom. The molecule has 2 heterocycles. The highest BCUT2D eigenvalue weighted by atomic mass is 16.6. The van der Waals surface area contributed by atoms with Crippen molar-refractivity contribution in [2.45, 2.75) is 45.3 Å². The van der Waals surface area contributed by atoms with Gasteiger partial charge in [0.15, 0.2) is 6.61 Å². The van der Waals surface area contributed by atoms with Gasteiger partial charge in [-0.05, 0) is 45.4 Å². The number of rotatable bonds is 4. The number of fused-ring (bicyclic) bond motifs is 1. The fraction of sp³-hybridized carbons (Fsp3) is 0.524. The molecule has 1 aromatic carbocycles. The van der Waals surface area contributed by atoms with Crippen molar-refractivity contribution < 1.29 is 23.9 Å². The van der Waals surface area contributed by atoms with Gasteiger partial charge in [0.1, 0.15) is 11.4 Å². The van der Waals surface area contributed by atoms with E-state index in [4.69, 9.17) is 14.7 Å². The van der Waals surface area contributed by atoms with Gasteiger partial charge in [0.05, 0.1) is 17.3 Å². The van der Waals surface area contributed by atoms with Gasteiger partial charge in [0.25, 0.3) is 5.91 Å². The van der Waals surface area contributed by atoms with Gasteiger partial charge in [-0.25, -0.2) is 4.79 Å². The van der Waals surface area contributed by atoms with E-state index >= 15 is 0 Å². The molecule has 1 unspecified atom stereocenters. The topological polar surface area (TPSA) is 112 Å². The van der Waals surface area contributed by atoms with Crippen molar-refractivity contribution in [2.24, 2.45) is 0 Å². The second-order valence-electron chi connectivity index (χ2n) is 8.35. The quantitative estimate of drug-likeness (QED) is 0.804. The Kier molecular flexibility index (Phi) is 6.15. The third-order valence-corrected chi connectivity index (χ3v) is 4.87. The fourth-order valence-corrected chi connectivity index (χ4v) is 3.45. The minimum atomic E-state index is -0.596. The third-order valence-electron chi connectivity index (χ3n) is 4.87. The Balaban J connectivity index is 1.56. The lowest BCUT2D eigenvalue weighted by Crippen LogP contribution is -2.51. The summed E-state index contributed by atoms with van der Waals surface area (Å²) in [6.45, 7) is 6.42. The SMILES string of the molecule is CC(C)(C)OC(=O)NC1CCN(CCN2C(=O)COc3ccc(C#N)cc32)C(=O)C1. The van der Waals surface area contributed by atoms with Crippen molar-refractivity contribution in [3.05, 3.63) is 23.8 Å². The molecule has 0 radical (unpaired) electrons. The number of carbonyl (C=O) groups is 3. The summed E-state index contributed by atoms with van der Waals surface area (Å²) in [4.78, 5) is 40.0. The van der Waals surface area contributed by atoms with Crippen LogP contribution in [0.1, 0.15) is 39.2 Å². The summed E-state index contributed by atoms with van der Waals surface area (Å²) in [7, 11) is 0. The first kappa shape index (κ1) is 21.4. The van der Waals surface area contributed by atoms with Crippen LogP contribution in [0.3, 0.4) is 0 Å². The van der Waals surface area contributed by atoms with Crippen LogP contribution in [-0.4, -0.2) is 60.7 Å². The van der Waals surface area contributed by atoms with Gasteiger partial charge in [-0.15, -0.1) is 0 Å². The molecule has 9 nitrogen and oxygen atoms in total. The molecule has 0 saturated carbocycles. The first-order chi connectivity index (χ1) is 14.2. The lowest BCUT2D eigenvalue weighted by molar-refractivity contribution is -0.134. The first-order valence-corrected chi connectivity index (χ1v) is 9.91. The van der Waals surface area contributed by atoms with Gasteiger partial charge in [-0.3, -0.25) is 9.59 Å².